The normalized spacial score (nSPS) is 16.9. The molecule has 2 N–H and O–H groups in total. The lowest BCUT2D eigenvalue weighted by molar-refractivity contribution is -0.138. The van der Waals surface area contributed by atoms with Gasteiger partial charge in [0.1, 0.15) is 30.1 Å². The first-order chi connectivity index (χ1) is 17.5. The van der Waals surface area contributed by atoms with E-state index in [2.05, 4.69) is 15.2 Å². The third kappa shape index (κ3) is 4.37. The number of nitrogens with zero attached hydrogens (tertiary/aromatic N) is 4. The Morgan fingerprint density at radius 1 is 1.16 bits per heavy atom. The summed E-state index contributed by atoms with van der Waals surface area (Å²) in [6.45, 7) is -2.03. The van der Waals surface area contributed by atoms with Crippen LogP contribution in [0.5, 0.6) is 0 Å². The van der Waals surface area contributed by atoms with Crippen LogP contribution in [0.15, 0.2) is 30.5 Å². The van der Waals surface area contributed by atoms with E-state index in [4.69, 9.17) is 11.6 Å². The molecule has 0 atom stereocenters. The minimum absolute atomic E-state index is 0.0718. The number of likely N-dealkylation sites (tertiary alicyclic amines) is 1. The van der Waals surface area contributed by atoms with Crippen LogP contribution in [0.25, 0.3) is 11.0 Å². The molecule has 1 aromatic carbocycles. The second-order valence-corrected chi connectivity index (χ2v) is 9.29. The molecule has 2 aromatic heterocycles. The fourth-order valence-corrected chi connectivity index (χ4v) is 5.26. The maximum atomic E-state index is 14.5. The molecule has 1 spiro atoms. The Morgan fingerprint density at radius 3 is 2.59 bits per heavy atom. The van der Waals surface area contributed by atoms with Crippen molar-refractivity contribution in [3.8, 4) is 0 Å². The smallest absolute Gasteiger partial charge is 0.345 e. The Morgan fingerprint density at radius 2 is 1.89 bits per heavy atom. The molecule has 0 saturated carbocycles. The number of amides is 3. The first-order valence-corrected chi connectivity index (χ1v) is 11.6. The number of carbonyl (C=O) groups excluding carboxylic acids is 3. The largest absolute Gasteiger partial charge is 0.405 e. The summed E-state index contributed by atoms with van der Waals surface area (Å²) in [5.41, 5.74) is 0.366. The Balaban J connectivity index is 1.39. The highest BCUT2D eigenvalue weighted by molar-refractivity contribution is 6.33. The molecule has 3 amide bonds. The lowest BCUT2D eigenvalue weighted by Gasteiger charge is -2.38. The molecule has 2 aliphatic heterocycles. The Bertz CT molecular complexity index is 1420. The van der Waals surface area contributed by atoms with Crippen LogP contribution < -0.4 is 10.2 Å². The summed E-state index contributed by atoms with van der Waals surface area (Å²) in [4.78, 5) is 45.8. The number of piperidine rings is 1. The van der Waals surface area contributed by atoms with Crippen LogP contribution in [0.4, 0.5) is 23.2 Å². The summed E-state index contributed by atoms with van der Waals surface area (Å²) in [7, 11) is 0. The topological polar surface area (TPSA) is 111 Å². The van der Waals surface area contributed by atoms with Gasteiger partial charge in [-0.1, -0.05) is 11.6 Å². The molecule has 0 unspecified atom stereocenters. The number of halogens is 5. The third-order valence-corrected chi connectivity index (χ3v) is 7.07. The van der Waals surface area contributed by atoms with Crippen LogP contribution >= 0.6 is 11.6 Å². The average molecular weight is 539 g/mol. The quantitative estimate of drug-likeness (QED) is 0.496. The summed E-state index contributed by atoms with van der Waals surface area (Å²) < 4.78 is 52.0. The summed E-state index contributed by atoms with van der Waals surface area (Å²) in [5, 5.41) is 8.07. The van der Waals surface area contributed by atoms with Crippen molar-refractivity contribution >= 4 is 46.0 Å². The molecule has 0 radical (unpaired) electrons. The van der Waals surface area contributed by atoms with Gasteiger partial charge in [0.15, 0.2) is 0 Å². The number of alkyl halides is 3. The molecule has 0 aliphatic carbocycles. The number of carbonyl (C=O) groups is 3. The standard InChI is InChI=1S/C23H19ClF4N6O3/c24-19-12(25)1-4-16-18(19)22(21(37)34(16)10-17(35)29-11-23(26,27)28)5-7-33(8-6-22)20(36)14-3-2-13-15(31-14)9-30-32-13/h1-4,9H,5-8,10-11H2,(H,29,35)(H,30,32). The van der Waals surface area contributed by atoms with Crippen molar-refractivity contribution in [2.45, 2.75) is 24.4 Å². The van der Waals surface area contributed by atoms with Crippen molar-refractivity contribution in [3.63, 3.8) is 0 Å². The highest BCUT2D eigenvalue weighted by atomic mass is 35.5. The predicted octanol–water partition coefficient (Wildman–Crippen LogP) is 2.95. The Labute approximate surface area is 211 Å². The zero-order chi connectivity index (χ0) is 26.5. The van der Waals surface area contributed by atoms with Gasteiger partial charge in [0.05, 0.1) is 27.8 Å². The third-order valence-electron chi connectivity index (χ3n) is 6.70. The molecule has 194 valence electrons. The zero-order valence-electron chi connectivity index (χ0n) is 19.0. The molecule has 1 saturated heterocycles. The molecule has 3 aromatic rings. The first-order valence-electron chi connectivity index (χ1n) is 11.2. The summed E-state index contributed by atoms with van der Waals surface area (Å²) in [6, 6.07) is 5.54. The van der Waals surface area contributed by atoms with E-state index in [9.17, 15) is 31.9 Å². The van der Waals surface area contributed by atoms with Gasteiger partial charge in [-0.25, -0.2) is 9.37 Å². The van der Waals surface area contributed by atoms with Crippen molar-refractivity contribution in [1.29, 1.82) is 0 Å². The number of H-pyrrole nitrogens is 1. The van der Waals surface area contributed by atoms with Crippen LogP contribution in [0.1, 0.15) is 28.9 Å². The molecule has 5 rings (SSSR count). The lowest BCUT2D eigenvalue weighted by atomic mass is 9.73. The molecule has 37 heavy (non-hydrogen) atoms. The van der Waals surface area contributed by atoms with E-state index in [0.29, 0.717) is 11.0 Å². The van der Waals surface area contributed by atoms with Crippen molar-refractivity contribution < 1.29 is 31.9 Å². The van der Waals surface area contributed by atoms with Crippen LogP contribution in [0.2, 0.25) is 5.02 Å². The SMILES string of the molecule is O=C(CN1C(=O)C2(CCN(C(=O)c3ccc4[nH]ncc4n3)CC2)c2c1ccc(F)c2Cl)NCC(F)(F)F. The number of benzene rings is 1. The number of hydrogen-bond donors (Lipinski definition) is 2. The fourth-order valence-electron chi connectivity index (χ4n) is 4.92. The van der Waals surface area contributed by atoms with Crippen LogP contribution in [-0.4, -0.2) is 70.2 Å². The number of fused-ring (bicyclic) bond motifs is 3. The van der Waals surface area contributed by atoms with Gasteiger partial charge < -0.3 is 15.1 Å². The predicted molar refractivity (Wildman–Crippen MR) is 124 cm³/mol. The van der Waals surface area contributed by atoms with E-state index in [-0.39, 0.29) is 53.8 Å². The highest BCUT2D eigenvalue weighted by Crippen LogP contribution is 2.51. The van der Waals surface area contributed by atoms with E-state index in [1.165, 1.54) is 17.2 Å². The fraction of sp³-hybridized carbons (Fsp3) is 0.348. The number of hydrogen-bond acceptors (Lipinski definition) is 5. The Kier molecular flexibility index (Phi) is 6.05. The van der Waals surface area contributed by atoms with Crippen LogP contribution in [0, 0.1) is 5.82 Å². The lowest BCUT2D eigenvalue weighted by Crippen LogP contribution is -2.51. The van der Waals surface area contributed by atoms with Gasteiger partial charge in [-0.05, 0) is 37.1 Å². The number of anilines is 1. The molecule has 14 heteroatoms. The maximum Gasteiger partial charge on any atom is 0.405 e. The van der Waals surface area contributed by atoms with Crippen molar-refractivity contribution in [2.75, 3.05) is 31.1 Å². The van der Waals surface area contributed by atoms with Gasteiger partial charge in [-0.2, -0.15) is 18.3 Å². The number of aromatic amines is 1. The van der Waals surface area contributed by atoms with Gasteiger partial charge in [0.2, 0.25) is 11.8 Å². The minimum Gasteiger partial charge on any atom is -0.345 e. The van der Waals surface area contributed by atoms with E-state index in [1.807, 2.05) is 0 Å². The monoisotopic (exact) mass is 538 g/mol. The highest BCUT2D eigenvalue weighted by Gasteiger charge is 2.54. The molecular weight excluding hydrogens is 520 g/mol. The number of rotatable bonds is 4. The molecule has 0 bridgehead atoms. The van der Waals surface area contributed by atoms with Gasteiger partial charge in [0.25, 0.3) is 5.91 Å². The molecular formula is C23H19ClF4N6O3. The summed E-state index contributed by atoms with van der Waals surface area (Å²) in [6.07, 6.45) is -2.99. The van der Waals surface area contributed by atoms with E-state index >= 15 is 0 Å². The number of pyridine rings is 1. The Hall–Kier alpha value is -3.74. The van der Waals surface area contributed by atoms with E-state index < -0.39 is 42.3 Å². The van der Waals surface area contributed by atoms with E-state index in [1.54, 1.807) is 17.4 Å². The van der Waals surface area contributed by atoms with Crippen LogP contribution in [0.3, 0.4) is 0 Å². The first kappa shape index (κ1) is 24.9. The summed E-state index contributed by atoms with van der Waals surface area (Å²) in [5.74, 6) is -2.74. The second kappa shape index (κ2) is 8.98. The molecule has 1 fully saturated rings. The van der Waals surface area contributed by atoms with Gasteiger partial charge in [-0.3, -0.25) is 19.5 Å². The average Bonchev–Trinajstić information content (AvgIpc) is 3.42. The van der Waals surface area contributed by atoms with Gasteiger partial charge >= 0.3 is 6.18 Å². The van der Waals surface area contributed by atoms with E-state index in [0.717, 1.165) is 11.0 Å². The van der Waals surface area contributed by atoms with Crippen LogP contribution in [-0.2, 0) is 15.0 Å². The molecule has 4 heterocycles. The van der Waals surface area contributed by atoms with Crippen molar-refractivity contribution in [1.82, 2.24) is 25.4 Å². The van der Waals surface area contributed by atoms with Gasteiger partial charge in [-0.15, -0.1) is 0 Å². The number of nitrogens with one attached hydrogen (secondary N) is 2. The van der Waals surface area contributed by atoms with Crippen molar-refractivity contribution in [3.05, 3.63) is 52.6 Å². The minimum atomic E-state index is -4.62. The van der Waals surface area contributed by atoms with Gasteiger partial charge in [0, 0.05) is 18.7 Å². The van der Waals surface area contributed by atoms with Crippen molar-refractivity contribution in [2.24, 2.45) is 0 Å². The second-order valence-electron chi connectivity index (χ2n) is 8.91. The zero-order valence-corrected chi connectivity index (χ0v) is 19.8. The molecule has 9 nitrogen and oxygen atoms in total. The maximum absolute atomic E-state index is 14.5. The summed E-state index contributed by atoms with van der Waals surface area (Å²) >= 11 is 6.29. The number of aromatic nitrogens is 3. The molecule has 2 aliphatic rings.